The third kappa shape index (κ3) is 3.95. The second kappa shape index (κ2) is 5.56. The van der Waals surface area contributed by atoms with E-state index in [0.29, 0.717) is 0 Å². The zero-order chi connectivity index (χ0) is 9.56. The van der Waals surface area contributed by atoms with Crippen molar-refractivity contribution in [3.05, 3.63) is 11.8 Å². The average molecular weight is 176 g/mol. The molecule has 0 aliphatic carbocycles. The van der Waals surface area contributed by atoms with E-state index in [9.17, 15) is 4.79 Å². The summed E-state index contributed by atoms with van der Waals surface area (Å²) in [5.41, 5.74) is 0. The van der Waals surface area contributed by atoms with Crippen LogP contribution in [0.15, 0.2) is 11.8 Å². The van der Waals surface area contributed by atoms with E-state index in [2.05, 4.69) is 4.74 Å². The third-order valence-electron chi connectivity index (χ3n) is 1.02. The van der Waals surface area contributed by atoms with Gasteiger partial charge in [-0.05, 0) is 13.0 Å². The van der Waals surface area contributed by atoms with Gasteiger partial charge in [0.1, 0.15) is 0 Å². The number of carbonyl (C=O) groups is 1. The molecule has 0 aromatic rings. The molecule has 0 aliphatic heterocycles. The molecular weight excluding hydrogens is 164 g/mol. The second-order valence-corrected chi connectivity index (χ2v) is 2.02. The lowest BCUT2D eigenvalue weighted by Gasteiger charge is -2.02. The van der Waals surface area contributed by atoms with Gasteiger partial charge in [-0.15, -0.1) is 0 Å². The molecule has 0 fully saturated rings. The normalized spacial score (nSPS) is 14.1. The quantitative estimate of drug-likeness (QED) is 0.301. The number of aliphatic hydroxyl groups excluding tert-OH is 3. The van der Waals surface area contributed by atoms with Gasteiger partial charge in [-0.1, -0.05) is 0 Å². The number of carbonyl (C=O) groups excluding carboxylic acids is 1. The average Bonchev–Trinajstić information content (AvgIpc) is 2.04. The van der Waals surface area contributed by atoms with Crippen molar-refractivity contribution in [2.45, 2.75) is 13.0 Å². The zero-order valence-corrected chi connectivity index (χ0v) is 6.73. The lowest BCUT2D eigenvalue weighted by atomic mass is 10.3. The Balaban J connectivity index is 4.07. The van der Waals surface area contributed by atoms with E-state index in [4.69, 9.17) is 15.3 Å². The lowest BCUT2D eigenvalue weighted by molar-refractivity contribution is -0.141. The topological polar surface area (TPSA) is 87.0 Å². The molecule has 70 valence electrons. The fourth-order valence-corrected chi connectivity index (χ4v) is 0.508. The first-order valence-corrected chi connectivity index (χ1v) is 3.48. The SMILES string of the molecule is CCOC(=O)C(O)=CC(O)CO. The molecule has 5 nitrogen and oxygen atoms in total. The highest BCUT2D eigenvalue weighted by Gasteiger charge is 2.09. The highest BCUT2D eigenvalue weighted by molar-refractivity contribution is 5.85. The van der Waals surface area contributed by atoms with Crippen molar-refractivity contribution in [2.75, 3.05) is 13.2 Å². The van der Waals surface area contributed by atoms with E-state index in [1.807, 2.05) is 0 Å². The minimum Gasteiger partial charge on any atom is -0.502 e. The van der Waals surface area contributed by atoms with Gasteiger partial charge in [0.05, 0.1) is 19.3 Å². The number of esters is 1. The number of ether oxygens (including phenoxy) is 1. The molecular formula is C7H12O5. The smallest absolute Gasteiger partial charge is 0.373 e. The molecule has 0 aromatic heterocycles. The minimum atomic E-state index is -1.24. The van der Waals surface area contributed by atoms with Crippen molar-refractivity contribution in [3.8, 4) is 0 Å². The summed E-state index contributed by atoms with van der Waals surface area (Å²) in [6.45, 7) is 1.18. The van der Waals surface area contributed by atoms with Crippen LogP contribution in [0.25, 0.3) is 0 Å². The first-order valence-electron chi connectivity index (χ1n) is 3.48. The number of hydrogen-bond donors (Lipinski definition) is 3. The van der Waals surface area contributed by atoms with E-state index in [1.54, 1.807) is 6.92 Å². The molecule has 0 saturated carbocycles. The maximum absolute atomic E-state index is 10.7. The fraction of sp³-hybridized carbons (Fsp3) is 0.571. The van der Waals surface area contributed by atoms with E-state index < -0.39 is 24.4 Å². The van der Waals surface area contributed by atoms with Gasteiger partial charge in [-0.25, -0.2) is 4.79 Å². The summed E-state index contributed by atoms with van der Waals surface area (Å²) >= 11 is 0. The fourth-order valence-electron chi connectivity index (χ4n) is 0.508. The van der Waals surface area contributed by atoms with Crippen LogP contribution in [0.5, 0.6) is 0 Å². The van der Waals surface area contributed by atoms with E-state index in [-0.39, 0.29) is 6.61 Å². The van der Waals surface area contributed by atoms with E-state index in [1.165, 1.54) is 0 Å². The van der Waals surface area contributed by atoms with Crippen molar-refractivity contribution in [3.63, 3.8) is 0 Å². The number of aliphatic hydroxyl groups is 3. The predicted octanol–water partition coefficient (Wildman–Crippen LogP) is -0.655. The molecule has 0 aliphatic rings. The minimum absolute atomic E-state index is 0.145. The Labute approximate surface area is 69.9 Å². The Kier molecular flexibility index (Phi) is 5.07. The maximum atomic E-state index is 10.7. The van der Waals surface area contributed by atoms with Crippen molar-refractivity contribution in [1.82, 2.24) is 0 Å². The summed E-state index contributed by atoms with van der Waals surface area (Å²) in [7, 11) is 0. The number of rotatable bonds is 4. The molecule has 3 N–H and O–H groups in total. The summed E-state index contributed by atoms with van der Waals surface area (Å²) in [4.78, 5) is 10.7. The van der Waals surface area contributed by atoms with Gasteiger partial charge >= 0.3 is 5.97 Å². The zero-order valence-electron chi connectivity index (χ0n) is 6.73. The van der Waals surface area contributed by atoms with Crippen molar-refractivity contribution < 1.29 is 24.9 Å². The summed E-state index contributed by atoms with van der Waals surface area (Å²) in [5.74, 6) is -1.61. The molecule has 0 spiro atoms. The van der Waals surface area contributed by atoms with Crippen LogP contribution in [0.4, 0.5) is 0 Å². The van der Waals surface area contributed by atoms with Gasteiger partial charge in [0.2, 0.25) is 0 Å². The van der Waals surface area contributed by atoms with Crippen molar-refractivity contribution in [1.29, 1.82) is 0 Å². The molecule has 5 heteroatoms. The second-order valence-electron chi connectivity index (χ2n) is 2.02. The monoisotopic (exact) mass is 176 g/mol. The van der Waals surface area contributed by atoms with E-state index in [0.717, 1.165) is 6.08 Å². The molecule has 0 heterocycles. The van der Waals surface area contributed by atoms with Crippen LogP contribution in [0.2, 0.25) is 0 Å². The molecule has 0 radical (unpaired) electrons. The van der Waals surface area contributed by atoms with Gasteiger partial charge < -0.3 is 20.1 Å². The molecule has 1 unspecified atom stereocenters. The first-order chi connectivity index (χ1) is 5.61. The van der Waals surface area contributed by atoms with Gasteiger partial charge in [0.15, 0.2) is 5.76 Å². The Morgan fingerprint density at radius 1 is 1.67 bits per heavy atom. The van der Waals surface area contributed by atoms with E-state index >= 15 is 0 Å². The van der Waals surface area contributed by atoms with Gasteiger partial charge in [-0.2, -0.15) is 0 Å². The summed E-state index contributed by atoms with van der Waals surface area (Å²) in [5, 5.41) is 26.0. The summed E-state index contributed by atoms with van der Waals surface area (Å²) < 4.78 is 4.40. The Morgan fingerprint density at radius 2 is 2.25 bits per heavy atom. The highest BCUT2D eigenvalue weighted by Crippen LogP contribution is 1.95. The van der Waals surface area contributed by atoms with Crippen LogP contribution >= 0.6 is 0 Å². The van der Waals surface area contributed by atoms with Crippen LogP contribution in [-0.4, -0.2) is 40.6 Å². The molecule has 0 aromatic carbocycles. The lowest BCUT2D eigenvalue weighted by Crippen LogP contribution is -2.13. The third-order valence-corrected chi connectivity index (χ3v) is 1.02. The highest BCUT2D eigenvalue weighted by atomic mass is 16.5. The standard InChI is InChI=1S/C7H12O5/c1-2-12-7(11)6(10)3-5(9)4-8/h3,5,8-10H,2,4H2,1H3. The Morgan fingerprint density at radius 3 is 2.67 bits per heavy atom. The molecule has 0 bridgehead atoms. The van der Waals surface area contributed by atoms with Gasteiger partial charge in [-0.3, -0.25) is 0 Å². The van der Waals surface area contributed by atoms with Gasteiger partial charge in [0, 0.05) is 0 Å². The molecule has 0 saturated heterocycles. The predicted molar refractivity (Wildman–Crippen MR) is 40.4 cm³/mol. The van der Waals surface area contributed by atoms with Crippen molar-refractivity contribution in [2.24, 2.45) is 0 Å². The summed E-state index contributed by atoms with van der Waals surface area (Å²) in [6, 6.07) is 0. The Hall–Kier alpha value is -1.07. The molecule has 12 heavy (non-hydrogen) atoms. The molecule has 0 rings (SSSR count). The number of hydrogen-bond acceptors (Lipinski definition) is 5. The largest absolute Gasteiger partial charge is 0.502 e. The van der Waals surface area contributed by atoms with Crippen LogP contribution in [0, 0.1) is 0 Å². The first kappa shape index (κ1) is 10.9. The molecule has 1 atom stereocenters. The van der Waals surface area contributed by atoms with Crippen LogP contribution in [0.3, 0.4) is 0 Å². The maximum Gasteiger partial charge on any atom is 0.373 e. The molecule has 0 amide bonds. The van der Waals surface area contributed by atoms with Crippen LogP contribution in [0.1, 0.15) is 6.92 Å². The van der Waals surface area contributed by atoms with Crippen molar-refractivity contribution >= 4 is 5.97 Å². The summed E-state index contributed by atoms with van der Waals surface area (Å²) in [6.07, 6.45) is -0.424. The van der Waals surface area contributed by atoms with Crippen LogP contribution in [-0.2, 0) is 9.53 Å². The van der Waals surface area contributed by atoms with Crippen LogP contribution < -0.4 is 0 Å². The Bertz CT molecular complexity index is 175. The van der Waals surface area contributed by atoms with Gasteiger partial charge in [0.25, 0.3) is 0 Å².